The predicted octanol–water partition coefficient (Wildman–Crippen LogP) is 3.22. The molecule has 3 rings (SSSR count). The maximum atomic E-state index is 12.3. The van der Waals surface area contributed by atoms with Crippen LogP contribution in [0.1, 0.15) is 0 Å². The summed E-state index contributed by atoms with van der Waals surface area (Å²) in [6.45, 7) is 1.04. The van der Waals surface area contributed by atoms with Crippen molar-refractivity contribution in [2.45, 2.75) is 0 Å². The molecule has 2 aromatic rings. The highest BCUT2D eigenvalue weighted by Gasteiger charge is 2.23. The zero-order valence-electron chi connectivity index (χ0n) is 12.5. The molecule has 0 aliphatic carbocycles. The fraction of sp³-hybridized carbons (Fsp3) is 0.125. The number of hydrogen-bond donors (Lipinski definition) is 4. The number of anilines is 3. The topological polar surface area (TPSA) is 93.7 Å². The van der Waals surface area contributed by atoms with Gasteiger partial charge in [-0.2, -0.15) is 0 Å². The Balaban J connectivity index is 1.67. The number of fused-ring (bicyclic) bond motifs is 1. The average Bonchev–Trinajstić information content (AvgIpc) is 2.57. The van der Waals surface area contributed by atoms with E-state index >= 15 is 0 Å². The van der Waals surface area contributed by atoms with Crippen LogP contribution in [-0.4, -0.2) is 30.3 Å². The van der Waals surface area contributed by atoms with Crippen LogP contribution in [0.2, 0.25) is 5.02 Å². The van der Waals surface area contributed by atoms with E-state index in [-0.39, 0.29) is 10.8 Å². The maximum absolute atomic E-state index is 12.3. The van der Waals surface area contributed by atoms with Gasteiger partial charge in [-0.25, -0.2) is 9.59 Å². The van der Waals surface area contributed by atoms with Crippen LogP contribution in [0.25, 0.3) is 0 Å². The van der Waals surface area contributed by atoms with Crippen molar-refractivity contribution in [1.82, 2.24) is 5.32 Å². The largest absolute Gasteiger partial charge is 0.506 e. The van der Waals surface area contributed by atoms with Crippen LogP contribution >= 0.6 is 11.6 Å². The molecule has 4 N–H and O–H groups in total. The Morgan fingerprint density at radius 3 is 2.79 bits per heavy atom. The molecular weight excluding hydrogens is 332 g/mol. The van der Waals surface area contributed by atoms with Crippen LogP contribution in [0.3, 0.4) is 0 Å². The minimum atomic E-state index is -0.683. The second kappa shape index (κ2) is 6.67. The number of hydrogen-bond acceptors (Lipinski definition) is 4. The number of phenolic OH excluding ortho intramolecular Hbond substituents is 1. The summed E-state index contributed by atoms with van der Waals surface area (Å²) in [6.07, 6.45) is 0. The fourth-order valence-electron chi connectivity index (χ4n) is 2.40. The van der Waals surface area contributed by atoms with E-state index in [1.807, 2.05) is 18.2 Å². The third-order valence-corrected chi connectivity index (χ3v) is 3.82. The summed E-state index contributed by atoms with van der Waals surface area (Å²) in [5.41, 5.74) is 1.91. The molecule has 1 heterocycles. The molecule has 2 aromatic carbocycles. The van der Waals surface area contributed by atoms with Gasteiger partial charge in [0.05, 0.1) is 16.4 Å². The highest BCUT2D eigenvalue weighted by molar-refractivity contribution is 6.32. The van der Waals surface area contributed by atoms with Gasteiger partial charge in [0, 0.05) is 18.8 Å². The number of carbonyl (C=O) groups is 2. The Kier molecular flexibility index (Phi) is 4.43. The van der Waals surface area contributed by atoms with E-state index in [4.69, 9.17) is 11.6 Å². The Morgan fingerprint density at radius 2 is 2.00 bits per heavy atom. The number of para-hydroxylation sites is 2. The van der Waals surface area contributed by atoms with E-state index in [0.29, 0.717) is 24.5 Å². The number of rotatable bonds is 1. The average molecular weight is 347 g/mol. The number of amides is 4. The number of benzene rings is 2. The van der Waals surface area contributed by atoms with Crippen molar-refractivity contribution >= 4 is 40.7 Å². The van der Waals surface area contributed by atoms with E-state index in [1.165, 1.54) is 23.1 Å². The lowest BCUT2D eigenvalue weighted by Crippen LogP contribution is -2.48. The lowest BCUT2D eigenvalue weighted by Gasteiger charge is -2.30. The first-order valence-electron chi connectivity index (χ1n) is 7.25. The van der Waals surface area contributed by atoms with Gasteiger partial charge in [-0.05, 0) is 30.3 Å². The van der Waals surface area contributed by atoms with Crippen LogP contribution in [0.15, 0.2) is 42.5 Å². The summed E-state index contributed by atoms with van der Waals surface area (Å²) >= 11 is 5.78. The van der Waals surface area contributed by atoms with Crippen molar-refractivity contribution in [3.05, 3.63) is 47.5 Å². The molecule has 1 aliphatic heterocycles. The third kappa shape index (κ3) is 3.36. The minimum Gasteiger partial charge on any atom is -0.506 e. The second-order valence-corrected chi connectivity index (χ2v) is 5.55. The fourth-order valence-corrected chi connectivity index (χ4v) is 2.58. The molecule has 0 radical (unpaired) electrons. The molecule has 24 heavy (non-hydrogen) atoms. The van der Waals surface area contributed by atoms with Crippen LogP contribution in [0, 0.1) is 0 Å². The number of nitrogens with one attached hydrogen (secondary N) is 3. The molecule has 0 aromatic heterocycles. The first-order chi connectivity index (χ1) is 11.5. The molecule has 0 bridgehead atoms. The standard InChI is InChI=1S/C16H15ClN4O3/c17-11-9-10(5-6-14(11)22)19-15(23)20-16(24)21-8-7-18-12-3-1-2-4-13(12)21/h1-6,9,18,22H,7-8H2,(H2,19,20,23,24). The molecule has 0 atom stereocenters. The van der Waals surface area contributed by atoms with Crippen molar-refractivity contribution in [3.63, 3.8) is 0 Å². The number of imide groups is 1. The Labute approximate surface area is 143 Å². The number of phenols is 1. The van der Waals surface area contributed by atoms with Gasteiger partial charge in [-0.15, -0.1) is 0 Å². The van der Waals surface area contributed by atoms with Gasteiger partial charge in [0.15, 0.2) is 0 Å². The minimum absolute atomic E-state index is 0.0869. The van der Waals surface area contributed by atoms with E-state index in [9.17, 15) is 14.7 Å². The molecular formula is C16H15ClN4O3. The maximum Gasteiger partial charge on any atom is 0.330 e. The van der Waals surface area contributed by atoms with Gasteiger partial charge in [-0.3, -0.25) is 10.2 Å². The summed E-state index contributed by atoms with van der Waals surface area (Å²) in [5.74, 6) is -0.0869. The first kappa shape index (κ1) is 15.9. The molecule has 0 saturated carbocycles. The highest BCUT2D eigenvalue weighted by Crippen LogP contribution is 2.28. The Bertz CT molecular complexity index is 797. The quantitative estimate of drug-likeness (QED) is 0.596. The lowest BCUT2D eigenvalue weighted by atomic mass is 10.2. The van der Waals surface area contributed by atoms with Gasteiger partial charge >= 0.3 is 12.1 Å². The molecule has 0 spiro atoms. The predicted molar refractivity (Wildman–Crippen MR) is 92.9 cm³/mol. The first-order valence-corrected chi connectivity index (χ1v) is 7.63. The van der Waals surface area contributed by atoms with E-state index < -0.39 is 12.1 Å². The molecule has 8 heteroatoms. The van der Waals surface area contributed by atoms with Gasteiger partial charge in [-0.1, -0.05) is 23.7 Å². The number of nitrogens with zero attached hydrogens (tertiary/aromatic N) is 1. The van der Waals surface area contributed by atoms with Crippen molar-refractivity contribution in [1.29, 1.82) is 0 Å². The summed E-state index contributed by atoms with van der Waals surface area (Å²) in [6, 6.07) is 10.4. The second-order valence-electron chi connectivity index (χ2n) is 5.15. The summed E-state index contributed by atoms with van der Waals surface area (Å²) in [5, 5.41) is 17.4. The number of urea groups is 2. The molecule has 0 unspecified atom stereocenters. The van der Waals surface area contributed by atoms with Crippen molar-refractivity contribution in [2.75, 3.05) is 28.6 Å². The number of halogens is 1. The molecule has 124 valence electrons. The Hall–Kier alpha value is -2.93. The van der Waals surface area contributed by atoms with Gasteiger partial charge in [0.2, 0.25) is 0 Å². The van der Waals surface area contributed by atoms with E-state index in [2.05, 4.69) is 16.0 Å². The van der Waals surface area contributed by atoms with Gasteiger partial charge in [0.1, 0.15) is 5.75 Å². The molecule has 1 aliphatic rings. The van der Waals surface area contributed by atoms with Crippen LogP contribution in [0.5, 0.6) is 5.75 Å². The summed E-state index contributed by atoms with van der Waals surface area (Å²) in [4.78, 5) is 25.8. The number of aromatic hydroxyl groups is 1. The van der Waals surface area contributed by atoms with Crippen LogP contribution in [-0.2, 0) is 0 Å². The van der Waals surface area contributed by atoms with Gasteiger partial charge < -0.3 is 15.7 Å². The zero-order valence-corrected chi connectivity index (χ0v) is 13.3. The highest BCUT2D eigenvalue weighted by atomic mass is 35.5. The van der Waals surface area contributed by atoms with E-state index in [0.717, 1.165) is 5.69 Å². The number of carbonyl (C=O) groups excluding carboxylic acids is 2. The third-order valence-electron chi connectivity index (χ3n) is 3.52. The van der Waals surface area contributed by atoms with Crippen molar-refractivity contribution in [3.8, 4) is 5.75 Å². The molecule has 4 amide bonds. The SMILES string of the molecule is O=C(NC(=O)N1CCNc2ccccc21)Nc1ccc(O)c(Cl)c1. The normalized spacial score (nSPS) is 12.8. The summed E-state index contributed by atoms with van der Waals surface area (Å²) < 4.78 is 0. The van der Waals surface area contributed by atoms with E-state index in [1.54, 1.807) is 6.07 Å². The van der Waals surface area contributed by atoms with Crippen LogP contribution < -0.4 is 20.9 Å². The molecule has 0 saturated heterocycles. The van der Waals surface area contributed by atoms with Gasteiger partial charge in [0.25, 0.3) is 0 Å². The zero-order chi connectivity index (χ0) is 17.1. The molecule has 7 nitrogen and oxygen atoms in total. The monoisotopic (exact) mass is 346 g/mol. The molecule has 0 fully saturated rings. The van der Waals surface area contributed by atoms with Crippen LogP contribution in [0.4, 0.5) is 26.7 Å². The lowest BCUT2D eigenvalue weighted by molar-refractivity contribution is 0.236. The van der Waals surface area contributed by atoms with Crippen molar-refractivity contribution in [2.24, 2.45) is 0 Å². The Morgan fingerprint density at radius 1 is 1.21 bits per heavy atom. The van der Waals surface area contributed by atoms with Crippen molar-refractivity contribution < 1.29 is 14.7 Å². The smallest absolute Gasteiger partial charge is 0.330 e. The summed E-state index contributed by atoms with van der Waals surface area (Å²) in [7, 11) is 0.